The van der Waals surface area contributed by atoms with Crippen LogP contribution in [0.2, 0.25) is 0 Å². The fraction of sp³-hybridized carbons (Fsp3) is 0.0833. The lowest BCUT2D eigenvalue weighted by molar-refractivity contribution is -0.384. The van der Waals surface area contributed by atoms with Crippen LogP contribution in [0.3, 0.4) is 0 Å². The predicted octanol–water partition coefficient (Wildman–Crippen LogP) is 1.84. The average Bonchev–Trinajstić information content (AvgIpc) is 2.46. The summed E-state index contributed by atoms with van der Waals surface area (Å²) in [6.45, 7) is 0. The van der Waals surface area contributed by atoms with Crippen molar-refractivity contribution in [2.75, 3.05) is 7.11 Å². The second-order valence-electron chi connectivity index (χ2n) is 3.61. The van der Waals surface area contributed by atoms with Crippen molar-refractivity contribution in [3.05, 3.63) is 52.5 Å². The number of nitro benzene ring substituents is 1. The van der Waals surface area contributed by atoms with Gasteiger partial charge in [0.05, 0.1) is 29.5 Å². The topological polar surface area (TPSA) is 95.2 Å². The van der Waals surface area contributed by atoms with Gasteiger partial charge in [-0.3, -0.25) is 20.1 Å². The third-order valence-corrected chi connectivity index (χ3v) is 2.41. The van der Waals surface area contributed by atoms with Gasteiger partial charge in [0.1, 0.15) is 0 Å². The Bertz CT molecular complexity index is 628. The Morgan fingerprint density at radius 1 is 1.32 bits per heavy atom. The molecule has 7 heteroatoms. The van der Waals surface area contributed by atoms with Crippen LogP contribution in [-0.4, -0.2) is 28.0 Å². The quantitative estimate of drug-likeness (QED) is 0.474. The zero-order chi connectivity index (χ0) is 13.8. The molecule has 7 nitrogen and oxygen atoms in total. The van der Waals surface area contributed by atoms with Gasteiger partial charge in [-0.1, -0.05) is 0 Å². The first-order valence-electron chi connectivity index (χ1n) is 5.26. The molecule has 0 atom stereocenters. The maximum atomic E-state index is 11.5. The van der Waals surface area contributed by atoms with E-state index in [1.54, 1.807) is 0 Å². The van der Waals surface area contributed by atoms with E-state index in [4.69, 9.17) is 0 Å². The van der Waals surface area contributed by atoms with Gasteiger partial charge in [-0.05, 0) is 6.07 Å². The van der Waals surface area contributed by atoms with E-state index in [9.17, 15) is 14.9 Å². The molecule has 0 aliphatic carbocycles. The molecule has 0 unspecified atom stereocenters. The first kappa shape index (κ1) is 12.6. The van der Waals surface area contributed by atoms with E-state index in [1.165, 1.54) is 37.8 Å². The molecule has 0 amide bonds. The van der Waals surface area contributed by atoms with Crippen LogP contribution in [0, 0.1) is 10.1 Å². The summed E-state index contributed by atoms with van der Waals surface area (Å²) in [5.41, 5.74) is 0.764. The van der Waals surface area contributed by atoms with E-state index >= 15 is 0 Å². The van der Waals surface area contributed by atoms with Crippen LogP contribution in [0.1, 0.15) is 10.4 Å². The summed E-state index contributed by atoms with van der Waals surface area (Å²) in [7, 11) is 1.21. The van der Waals surface area contributed by atoms with Crippen molar-refractivity contribution >= 4 is 11.7 Å². The third kappa shape index (κ3) is 2.71. The molecule has 1 aromatic carbocycles. The molecule has 0 fully saturated rings. The lowest BCUT2D eigenvalue weighted by Gasteiger charge is -2.04. The van der Waals surface area contributed by atoms with E-state index in [-0.39, 0.29) is 11.3 Å². The van der Waals surface area contributed by atoms with Crippen molar-refractivity contribution in [2.45, 2.75) is 0 Å². The molecular formula is C12H9N3O4. The number of esters is 1. The van der Waals surface area contributed by atoms with Crippen LogP contribution in [-0.2, 0) is 4.74 Å². The minimum absolute atomic E-state index is 0.0948. The van der Waals surface area contributed by atoms with Crippen LogP contribution in [0.5, 0.6) is 0 Å². The highest BCUT2D eigenvalue weighted by molar-refractivity contribution is 5.91. The van der Waals surface area contributed by atoms with Gasteiger partial charge < -0.3 is 4.74 Å². The third-order valence-electron chi connectivity index (χ3n) is 2.41. The lowest BCUT2D eigenvalue weighted by Crippen LogP contribution is -2.03. The van der Waals surface area contributed by atoms with E-state index in [2.05, 4.69) is 14.7 Å². The molecule has 0 aliphatic heterocycles. The molecular weight excluding hydrogens is 250 g/mol. The van der Waals surface area contributed by atoms with Gasteiger partial charge >= 0.3 is 5.97 Å². The molecule has 2 aromatic rings. The molecule has 1 aromatic heterocycles. The Balaban J connectivity index is 2.58. The van der Waals surface area contributed by atoms with Gasteiger partial charge in [0, 0.05) is 30.1 Å². The standard InChI is InChI=1S/C12H9N3O4/c1-19-12(16)9-4-8(5-10(6-9)15(17)18)11-7-13-2-3-14-11/h2-7H,1H3. The number of hydrogen-bond donors (Lipinski definition) is 0. The Morgan fingerprint density at radius 3 is 2.68 bits per heavy atom. The number of ether oxygens (including phenoxy) is 1. The molecule has 96 valence electrons. The van der Waals surface area contributed by atoms with Gasteiger partial charge in [-0.15, -0.1) is 0 Å². The average molecular weight is 259 g/mol. The van der Waals surface area contributed by atoms with E-state index in [0.717, 1.165) is 6.07 Å². The molecule has 0 radical (unpaired) electrons. The van der Waals surface area contributed by atoms with Crippen molar-refractivity contribution in [3.63, 3.8) is 0 Å². The summed E-state index contributed by atoms with van der Waals surface area (Å²) in [5, 5.41) is 10.9. The second kappa shape index (κ2) is 5.21. The van der Waals surface area contributed by atoms with E-state index in [1.807, 2.05) is 0 Å². The van der Waals surface area contributed by atoms with Crippen LogP contribution >= 0.6 is 0 Å². The highest BCUT2D eigenvalue weighted by atomic mass is 16.6. The Kier molecular flexibility index (Phi) is 3.46. The summed E-state index contributed by atoms with van der Waals surface area (Å²) in [5.74, 6) is -0.645. The van der Waals surface area contributed by atoms with Crippen molar-refractivity contribution in [3.8, 4) is 11.3 Å². The number of aromatic nitrogens is 2. The van der Waals surface area contributed by atoms with Crippen LogP contribution in [0.25, 0.3) is 11.3 Å². The van der Waals surface area contributed by atoms with E-state index in [0.29, 0.717) is 11.3 Å². The largest absolute Gasteiger partial charge is 0.465 e. The number of methoxy groups -OCH3 is 1. The molecule has 1 heterocycles. The van der Waals surface area contributed by atoms with Gasteiger partial charge in [0.15, 0.2) is 0 Å². The summed E-state index contributed by atoms with van der Waals surface area (Å²) in [6.07, 6.45) is 4.41. The van der Waals surface area contributed by atoms with Gasteiger partial charge in [-0.2, -0.15) is 0 Å². The number of non-ortho nitro benzene ring substituents is 1. The highest BCUT2D eigenvalue weighted by Crippen LogP contribution is 2.24. The summed E-state index contributed by atoms with van der Waals surface area (Å²) >= 11 is 0. The molecule has 0 spiro atoms. The smallest absolute Gasteiger partial charge is 0.338 e. The van der Waals surface area contributed by atoms with Crippen molar-refractivity contribution in [1.82, 2.24) is 9.97 Å². The number of carbonyl (C=O) groups excluding carboxylic acids is 1. The summed E-state index contributed by atoms with van der Waals surface area (Å²) < 4.78 is 4.56. The monoisotopic (exact) mass is 259 g/mol. The molecule has 0 saturated heterocycles. The molecule has 19 heavy (non-hydrogen) atoms. The number of benzene rings is 1. The Morgan fingerprint density at radius 2 is 2.11 bits per heavy atom. The van der Waals surface area contributed by atoms with Crippen LogP contribution in [0.15, 0.2) is 36.8 Å². The van der Waals surface area contributed by atoms with Crippen LogP contribution < -0.4 is 0 Å². The normalized spacial score (nSPS) is 9.95. The number of rotatable bonds is 3. The minimum Gasteiger partial charge on any atom is -0.465 e. The molecule has 0 saturated carbocycles. The summed E-state index contributed by atoms with van der Waals surface area (Å²) in [4.78, 5) is 29.7. The fourth-order valence-electron chi connectivity index (χ4n) is 1.55. The zero-order valence-corrected chi connectivity index (χ0v) is 9.94. The first-order valence-corrected chi connectivity index (χ1v) is 5.26. The number of hydrogen-bond acceptors (Lipinski definition) is 6. The van der Waals surface area contributed by atoms with Crippen molar-refractivity contribution in [1.29, 1.82) is 0 Å². The Hall–Kier alpha value is -2.83. The minimum atomic E-state index is -0.645. The summed E-state index contributed by atoms with van der Waals surface area (Å²) in [6, 6.07) is 3.96. The zero-order valence-electron chi connectivity index (χ0n) is 9.94. The van der Waals surface area contributed by atoms with Gasteiger partial charge in [0.2, 0.25) is 0 Å². The Labute approximate surface area is 108 Å². The maximum Gasteiger partial charge on any atom is 0.338 e. The fourth-order valence-corrected chi connectivity index (χ4v) is 1.55. The van der Waals surface area contributed by atoms with Gasteiger partial charge in [-0.25, -0.2) is 4.79 Å². The molecule has 0 bridgehead atoms. The van der Waals surface area contributed by atoms with E-state index < -0.39 is 10.9 Å². The lowest BCUT2D eigenvalue weighted by atomic mass is 10.1. The number of carbonyl (C=O) groups is 1. The molecule has 0 aliphatic rings. The van der Waals surface area contributed by atoms with Crippen molar-refractivity contribution < 1.29 is 14.5 Å². The van der Waals surface area contributed by atoms with Crippen LogP contribution in [0.4, 0.5) is 5.69 Å². The molecule has 0 N–H and O–H groups in total. The first-order chi connectivity index (χ1) is 9.11. The van der Waals surface area contributed by atoms with Gasteiger partial charge in [0.25, 0.3) is 5.69 Å². The van der Waals surface area contributed by atoms with Crippen molar-refractivity contribution in [2.24, 2.45) is 0 Å². The number of nitro groups is 1. The SMILES string of the molecule is COC(=O)c1cc(-c2cnccn2)cc([N+](=O)[O-])c1. The predicted molar refractivity (Wildman–Crippen MR) is 65.5 cm³/mol. The maximum absolute atomic E-state index is 11.5. The second-order valence-corrected chi connectivity index (χ2v) is 3.61. The molecule has 2 rings (SSSR count). The number of nitrogens with zero attached hydrogens (tertiary/aromatic N) is 3. The highest BCUT2D eigenvalue weighted by Gasteiger charge is 2.16.